The van der Waals surface area contributed by atoms with Crippen LogP contribution >= 0.6 is 0 Å². The van der Waals surface area contributed by atoms with E-state index >= 15 is 0 Å². The second-order valence-corrected chi connectivity index (χ2v) is 4.97. The highest BCUT2D eigenvalue weighted by Gasteiger charge is 2.28. The molecule has 0 aromatic carbocycles. The molecule has 1 atom stereocenters. The van der Waals surface area contributed by atoms with Crippen LogP contribution in [0.15, 0.2) is 0 Å². The molecule has 1 saturated carbocycles. The molecule has 0 aliphatic heterocycles. The molecule has 1 nitrogen and oxygen atoms in total. The molecule has 1 unspecified atom stereocenters. The first-order valence-corrected chi connectivity index (χ1v) is 6.20. The Kier molecular flexibility index (Phi) is 4.64. The number of hydrogen-bond acceptors (Lipinski definition) is 1. The van der Waals surface area contributed by atoms with Gasteiger partial charge in [-0.05, 0) is 25.2 Å². The summed E-state index contributed by atoms with van der Waals surface area (Å²) in [5.74, 6) is 1.78. The number of rotatable bonds is 4. The summed E-state index contributed by atoms with van der Waals surface area (Å²) in [7, 11) is 0. The average molecular weight is 196 g/mol. The minimum absolute atomic E-state index is 0.224. The van der Waals surface area contributed by atoms with E-state index in [1.165, 1.54) is 32.1 Å². The van der Waals surface area contributed by atoms with Crippen LogP contribution in [0.3, 0.4) is 0 Å². The van der Waals surface area contributed by atoms with Crippen LogP contribution in [0, 0.1) is 17.8 Å². The molecule has 82 valence electrons. The SMILES string of the molecule is CCC(C(=O)C(C)C)C1CCCCC1. The summed E-state index contributed by atoms with van der Waals surface area (Å²) in [5.41, 5.74) is 0. The van der Waals surface area contributed by atoms with E-state index in [0.717, 1.165) is 6.42 Å². The standard InChI is InChI=1S/C13H24O/c1-4-12(13(14)10(2)3)11-8-6-5-7-9-11/h10-12H,4-9H2,1-3H3. The molecular formula is C13H24O. The molecule has 1 fully saturated rings. The smallest absolute Gasteiger partial charge is 0.138 e. The van der Waals surface area contributed by atoms with Gasteiger partial charge in [0.25, 0.3) is 0 Å². The van der Waals surface area contributed by atoms with E-state index in [4.69, 9.17) is 0 Å². The highest BCUT2D eigenvalue weighted by Crippen LogP contribution is 2.33. The second kappa shape index (κ2) is 5.53. The highest BCUT2D eigenvalue weighted by atomic mass is 16.1. The van der Waals surface area contributed by atoms with E-state index in [2.05, 4.69) is 6.92 Å². The lowest BCUT2D eigenvalue weighted by molar-refractivity contribution is -0.128. The maximum Gasteiger partial charge on any atom is 0.138 e. The Labute approximate surface area is 88.3 Å². The van der Waals surface area contributed by atoms with E-state index in [9.17, 15) is 4.79 Å². The van der Waals surface area contributed by atoms with Crippen molar-refractivity contribution in [1.82, 2.24) is 0 Å². The van der Waals surface area contributed by atoms with Gasteiger partial charge in [-0.15, -0.1) is 0 Å². The van der Waals surface area contributed by atoms with Gasteiger partial charge < -0.3 is 0 Å². The van der Waals surface area contributed by atoms with Crippen molar-refractivity contribution >= 4 is 5.78 Å². The number of carbonyl (C=O) groups excluding carboxylic acids is 1. The van der Waals surface area contributed by atoms with Crippen LogP contribution in [0.1, 0.15) is 59.3 Å². The minimum atomic E-state index is 0.224. The number of ketones is 1. The van der Waals surface area contributed by atoms with E-state index in [-0.39, 0.29) is 5.92 Å². The topological polar surface area (TPSA) is 17.1 Å². The molecule has 0 saturated heterocycles. The fraction of sp³-hybridized carbons (Fsp3) is 0.923. The molecule has 1 rings (SSSR count). The molecule has 0 spiro atoms. The largest absolute Gasteiger partial charge is 0.299 e. The van der Waals surface area contributed by atoms with Crippen molar-refractivity contribution in [2.75, 3.05) is 0 Å². The molecule has 14 heavy (non-hydrogen) atoms. The zero-order valence-electron chi connectivity index (χ0n) is 9.88. The Morgan fingerprint density at radius 3 is 2.21 bits per heavy atom. The lowest BCUT2D eigenvalue weighted by atomic mass is 9.75. The normalized spacial score (nSPS) is 21.1. The number of carbonyl (C=O) groups is 1. The maximum atomic E-state index is 12.0. The van der Waals surface area contributed by atoms with Crippen LogP contribution in [-0.4, -0.2) is 5.78 Å². The summed E-state index contributed by atoms with van der Waals surface area (Å²) in [6.45, 7) is 6.24. The summed E-state index contributed by atoms with van der Waals surface area (Å²) in [6.07, 6.45) is 7.68. The van der Waals surface area contributed by atoms with Crippen molar-refractivity contribution in [1.29, 1.82) is 0 Å². The first kappa shape index (κ1) is 11.7. The zero-order valence-corrected chi connectivity index (χ0v) is 9.88. The number of Topliss-reactive ketones (excluding diaryl/α,β-unsaturated/α-hetero) is 1. The monoisotopic (exact) mass is 196 g/mol. The van der Waals surface area contributed by atoms with Gasteiger partial charge in [-0.25, -0.2) is 0 Å². The molecule has 1 aliphatic carbocycles. The molecule has 0 radical (unpaired) electrons. The third-order valence-electron chi connectivity index (χ3n) is 3.59. The lowest BCUT2D eigenvalue weighted by Crippen LogP contribution is -2.28. The Balaban J connectivity index is 2.55. The quantitative estimate of drug-likeness (QED) is 0.668. The van der Waals surface area contributed by atoms with Crippen LogP contribution in [-0.2, 0) is 4.79 Å². The Bertz CT molecular complexity index is 178. The van der Waals surface area contributed by atoms with Gasteiger partial charge in [-0.1, -0.05) is 40.0 Å². The molecule has 1 aliphatic rings. The molecule has 0 aromatic heterocycles. The predicted molar refractivity (Wildman–Crippen MR) is 60.2 cm³/mol. The zero-order chi connectivity index (χ0) is 10.6. The van der Waals surface area contributed by atoms with Gasteiger partial charge in [0, 0.05) is 11.8 Å². The molecule has 1 heteroatoms. The summed E-state index contributed by atoms with van der Waals surface area (Å²) in [4.78, 5) is 12.0. The van der Waals surface area contributed by atoms with Crippen molar-refractivity contribution < 1.29 is 4.79 Å². The summed E-state index contributed by atoms with van der Waals surface area (Å²) >= 11 is 0. The van der Waals surface area contributed by atoms with Crippen LogP contribution < -0.4 is 0 Å². The van der Waals surface area contributed by atoms with Gasteiger partial charge in [0.15, 0.2) is 0 Å². The van der Waals surface area contributed by atoms with Gasteiger partial charge in [0.05, 0.1) is 0 Å². The van der Waals surface area contributed by atoms with E-state index in [1.54, 1.807) is 0 Å². The van der Waals surface area contributed by atoms with Crippen molar-refractivity contribution in [3.05, 3.63) is 0 Å². The first-order valence-electron chi connectivity index (χ1n) is 6.20. The third-order valence-corrected chi connectivity index (χ3v) is 3.59. The Morgan fingerprint density at radius 1 is 1.21 bits per heavy atom. The Morgan fingerprint density at radius 2 is 1.79 bits per heavy atom. The lowest BCUT2D eigenvalue weighted by Gasteiger charge is -2.29. The van der Waals surface area contributed by atoms with E-state index < -0.39 is 0 Å². The van der Waals surface area contributed by atoms with Crippen molar-refractivity contribution in [2.45, 2.75) is 59.3 Å². The minimum Gasteiger partial charge on any atom is -0.299 e. The molecule has 0 heterocycles. The maximum absolute atomic E-state index is 12.0. The van der Waals surface area contributed by atoms with Crippen LogP contribution in [0.4, 0.5) is 0 Å². The second-order valence-electron chi connectivity index (χ2n) is 4.97. The van der Waals surface area contributed by atoms with Gasteiger partial charge in [0.2, 0.25) is 0 Å². The van der Waals surface area contributed by atoms with Gasteiger partial charge in [-0.2, -0.15) is 0 Å². The van der Waals surface area contributed by atoms with Gasteiger partial charge in [0.1, 0.15) is 5.78 Å². The average Bonchev–Trinajstić information content (AvgIpc) is 2.20. The predicted octanol–water partition coefficient (Wildman–Crippen LogP) is 3.82. The molecule has 0 amide bonds. The molecule has 0 N–H and O–H groups in total. The molecular weight excluding hydrogens is 172 g/mol. The Hall–Kier alpha value is -0.330. The van der Waals surface area contributed by atoms with Crippen LogP contribution in [0.2, 0.25) is 0 Å². The summed E-state index contributed by atoms with van der Waals surface area (Å²) < 4.78 is 0. The summed E-state index contributed by atoms with van der Waals surface area (Å²) in [6, 6.07) is 0. The van der Waals surface area contributed by atoms with Crippen molar-refractivity contribution in [3.63, 3.8) is 0 Å². The van der Waals surface area contributed by atoms with Crippen LogP contribution in [0.25, 0.3) is 0 Å². The first-order chi connectivity index (χ1) is 6.66. The van der Waals surface area contributed by atoms with Gasteiger partial charge >= 0.3 is 0 Å². The molecule has 0 aromatic rings. The fourth-order valence-electron chi connectivity index (χ4n) is 2.73. The molecule has 0 bridgehead atoms. The van der Waals surface area contributed by atoms with E-state index in [0.29, 0.717) is 17.6 Å². The van der Waals surface area contributed by atoms with E-state index in [1.807, 2.05) is 13.8 Å². The number of hydrogen-bond donors (Lipinski definition) is 0. The van der Waals surface area contributed by atoms with Crippen LogP contribution in [0.5, 0.6) is 0 Å². The highest BCUT2D eigenvalue weighted by molar-refractivity contribution is 5.83. The van der Waals surface area contributed by atoms with Crippen molar-refractivity contribution in [2.24, 2.45) is 17.8 Å². The van der Waals surface area contributed by atoms with Crippen molar-refractivity contribution in [3.8, 4) is 0 Å². The summed E-state index contributed by atoms with van der Waals surface area (Å²) in [5, 5.41) is 0. The third kappa shape index (κ3) is 2.83. The van der Waals surface area contributed by atoms with Gasteiger partial charge in [-0.3, -0.25) is 4.79 Å². The fourth-order valence-corrected chi connectivity index (χ4v) is 2.73.